The van der Waals surface area contributed by atoms with Crippen LogP contribution in [0.4, 0.5) is 0 Å². The van der Waals surface area contributed by atoms with Crippen molar-refractivity contribution in [3.63, 3.8) is 0 Å². The molecule has 6 heteroatoms. The van der Waals surface area contributed by atoms with E-state index in [2.05, 4.69) is 15.6 Å². The van der Waals surface area contributed by atoms with Crippen LogP contribution in [0.1, 0.15) is 18.7 Å². The van der Waals surface area contributed by atoms with Gasteiger partial charge in [0.15, 0.2) is 0 Å². The zero-order chi connectivity index (χ0) is 13.7. The lowest BCUT2D eigenvalue weighted by Crippen LogP contribution is -2.50. The molecule has 0 unspecified atom stereocenters. The van der Waals surface area contributed by atoms with Gasteiger partial charge in [-0.3, -0.25) is 4.79 Å². The number of amides is 1. The van der Waals surface area contributed by atoms with E-state index in [1.807, 2.05) is 17.8 Å². The van der Waals surface area contributed by atoms with Crippen molar-refractivity contribution in [1.82, 2.24) is 20.2 Å². The first-order chi connectivity index (χ1) is 9.18. The van der Waals surface area contributed by atoms with E-state index in [0.717, 1.165) is 31.8 Å². The summed E-state index contributed by atoms with van der Waals surface area (Å²) in [5.74, 6) is 0.925. The molecule has 0 radical (unpaired) electrons. The minimum Gasteiger partial charge on any atom is -0.384 e. The van der Waals surface area contributed by atoms with E-state index in [1.165, 1.54) is 0 Å². The molecule has 1 aliphatic heterocycles. The monoisotopic (exact) mass is 266 g/mol. The number of aryl methyl sites for hydroxylation is 1. The van der Waals surface area contributed by atoms with Crippen LogP contribution in [0.3, 0.4) is 0 Å². The number of carbonyl (C=O) groups is 1. The van der Waals surface area contributed by atoms with Crippen molar-refractivity contribution in [3.8, 4) is 0 Å². The number of ether oxygens (including phenoxy) is 1. The van der Waals surface area contributed by atoms with E-state index in [4.69, 9.17) is 4.74 Å². The summed E-state index contributed by atoms with van der Waals surface area (Å²) in [5.41, 5.74) is -0.398. The van der Waals surface area contributed by atoms with Gasteiger partial charge in [-0.05, 0) is 25.9 Å². The highest BCUT2D eigenvalue weighted by Crippen LogP contribution is 2.29. The first kappa shape index (κ1) is 14.0. The van der Waals surface area contributed by atoms with E-state index >= 15 is 0 Å². The summed E-state index contributed by atoms with van der Waals surface area (Å²) in [6.45, 7) is 2.65. The average Bonchev–Trinajstić information content (AvgIpc) is 2.83. The van der Waals surface area contributed by atoms with E-state index in [-0.39, 0.29) is 5.91 Å². The van der Waals surface area contributed by atoms with E-state index < -0.39 is 5.41 Å². The zero-order valence-electron chi connectivity index (χ0n) is 11.6. The van der Waals surface area contributed by atoms with Gasteiger partial charge in [-0.2, -0.15) is 0 Å². The van der Waals surface area contributed by atoms with Gasteiger partial charge in [0, 0.05) is 26.6 Å². The molecule has 0 atom stereocenters. The Morgan fingerprint density at radius 3 is 2.89 bits per heavy atom. The largest absolute Gasteiger partial charge is 0.384 e. The number of hydrogen-bond donors (Lipinski definition) is 2. The van der Waals surface area contributed by atoms with E-state index in [9.17, 15) is 4.79 Å². The van der Waals surface area contributed by atoms with Gasteiger partial charge in [0.05, 0.1) is 18.6 Å². The highest BCUT2D eigenvalue weighted by atomic mass is 16.5. The molecule has 1 aromatic rings. The third kappa shape index (κ3) is 3.13. The fourth-order valence-corrected chi connectivity index (χ4v) is 2.53. The lowest BCUT2D eigenvalue weighted by atomic mass is 9.78. The Morgan fingerprint density at radius 2 is 2.32 bits per heavy atom. The number of piperidine rings is 1. The van der Waals surface area contributed by atoms with Gasteiger partial charge in [-0.15, -0.1) is 0 Å². The highest BCUT2D eigenvalue weighted by Gasteiger charge is 2.39. The summed E-state index contributed by atoms with van der Waals surface area (Å²) in [6.07, 6.45) is 5.23. The summed E-state index contributed by atoms with van der Waals surface area (Å²) >= 11 is 0. The maximum atomic E-state index is 12.5. The number of nitrogens with one attached hydrogen (secondary N) is 2. The minimum absolute atomic E-state index is 0.0684. The van der Waals surface area contributed by atoms with Crippen LogP contribution in [0.2, 0.25) is 0 Å². The van der Waals surface area contributed by atoms with Crippen LogP contribution in [0.5, 0.6) is 0 Å². The number of aromatic nitrogens is 2. The quantitative estimate of drug-likeness (QED) is 0.790. The number of hydrogen-bond acceptors (Lipinski definition) is 4. The van der Waals surface area contributed by atoms with Crippen LogP contribution in [0, 0.1) is 5.41 Å². The highest BCUT2D eigenvalue weighted by molar-refractivity contribution is 5.82. The molecule has 2 rings (SSSR count). The van der Waals surface area contributed by atoms with Gasteiger partial charge < -0.3 is 19.9 Å². The van der Waals surface area contributed by atoms with Crippen LogP contribution in [-0.4, -0.2) is 42.3 Å². The SMILES string of the molecule is COCC1(C(=O)NCc2nccn2C)CCNCC1. The smallest absolute Gasteiger partial charge is 0.229 e. The molecule has 1 fully saturated rings. The maximum Gasteiger partial charge on any atom is 0.229 e. The Kier molecular flexibility index (Phi) is 4.55. The standard InChI is InChI=1S/C13H22N4O2/c1-17-8-7-15-11(17)9-16-12(18)13(10-19-2)3-5-14-6-4-13/h7-8,14H,3-6,9-10H2,1-2H3,(H,16,18). The number of methoxy groups -OCH3 is 1. The van der Waals surface area contributed by atoms with Crippen molar-refractivity contribution in [1.29, 1.82) is 0 Å². The molecule has 106 valence electrons. The topological polar surface area (TPSA) is 68.2 Å². The molecule has 0 aliphatic carbocycles. The van der Waals surface area contributed by atoms with Gasteiger partial charge in [0.1, 0.15) is 5.82 Å². The first-order valence-corrected chi connectivity index (χ1v) is 6.62. The summed E-state index contributed by atoms with van der Waals surface area (Å²) in [4.78, 5) is 16.7. The van der Waals surface area contributed by atoms with Crippen LogP contribution < -0.4 is 10.6 Å². The number of rotatable bonds is 5. The minimum atomic E-state index is -0.398. The normalized spacial score (nSPS) is 18.2. The molecule has 1 amide bonds. The Morgan fingerprint density at radius 1 is 1.58 bits per heavy atom. The number of carbonyl (C=O) groups excluding carboxylic acids is 1. The Labute approximate surface area is 113 Å². The van der Waals surface area contributed by atoms with Crippen LogP contribution in [-0.2, 0) is 23.1 Å². The molecule has 1 saturated heterocycles. The molecule has 0 spiro atoms. The lowest BCUT2D eigenvalue weighted by molar-refractivity contribution is -0.136. The summed E-state index contributed by atoms with van der Waals surface area (Å²) in [5, 5.41) is 6.27. The predicted octanol–water partition coefficient (Wildman–Crippen LogP) is 0.0525. The van der Waals surface area contributed by atoms with Crippen molar-refractivity contribution >= 4 is 5.91 Å². The second-order valence-corrected chi connectivity index (χ2v) is 5.10. The summed E-state index contributed by atoms with van der Waals surface area (Å²) in [7, 11) is 3.57. The van der Waals surface area contributed by atoms with Gasteiger partial charge in [-0.1, -0.05) is 0 Å². The molecule has 6 nitrogen and oxygen atoms in total. The van der Waals surface area contributed by atoms with Crippen LogP contribution in [0.15, 0.2) is 12.4 Å². The van der Waals surface area contributed by atoms with Crippen molar-refractivity contribution in [2.75, 3.05) is 26.8 Å². The lowest BCUT2D eigenvalue weighted by Gasteiger charge is -2.35. The van der Waals surface area contributed by atoms with Crippen molar-refractivity contribution in [2.24, 2.45) is 12.5 Å². The molecule has 0 saturated carbocycles. The van der Waals surface area contributed by atoms with Gasteiger partial charge in [0.25, 0.3) is 0 Å². The Bertz CT molecular complexity index is 419. The number of imidazole rings is 1. The fourth-order valence-electron chi connectivity index (χ4n) is 2.53. The third-order valence-corrected chi connectivity index (χ3v) is 3.79. The van der Waals surface area contributed by atoms with Crippen molar-refractivity contribution in [2.45, 2.75) is 19.4 Å². The maximum absolute atomic E-state index is 12.5. The Balaban J connectivity index is 1.97. The summed E-state index contributed by atoms with van der Waals surface area (Å²) in [6, 6.07) is 0. The molecule has 0 aromatic carbocycles. The molecule has 1 aromatic heterocycles. The molecule has 1 aliphatic rings. The van der Waals surface area contributed by atoms with Gasteiger partial charge >= 0.3 is 0 Å². The van der Waals surface area contributed by atoms with E-state index in [0.29, 0.717) is 13.2 Å². The molecule has 0 bridgehead atoms. The molecule has 2 N–H and O–H groups in total. The third-order valence-electron chi connectivity index (χ3n) is 3.79. The first-order valence-electron chi connectivity index (χ1n) is 6.62. The summed E-state index contributed by atoms with van der Waals surface area (Å²) < 4.78 is 7.17. The predicted molar refractivity (Wildman–Crippen MR) is 71.5 cm³/mol. The van der Waals surface area contributed by atoms with E-state index in [1.54, 1.807) is 13.3 Å². The van der Waals surface area contributed by atoms with Crippen molar-refractivity contribution < 1.29 is 9.53 Å². The Hall–Kier alpha value is -1.40. The van der Waals surface area contributed by atoms with Gasteiger partial charge in [0.2, 0.25) is 5.91 Å². The zero-order valence-corrected chi connectivity index (χ0v) is 11.6. The molecule has 19 heavy (non-hydrogen) atoms. The number of nitrogens with zero attached hydrogens (tertiary/aromatic N) is 2. The average molecular weight is 266 g/mol. The fraction of sp³-hybridized carbons (Fsp3) is 0.692. The van der Waals surface area contributed by atoms with Crippen LogP contribution in [0.25, 0.3) is 0 Å². The molecular formula is C13H22N4O2. The molecule has 2 heterocycles. The van der Waals surface area contributed by atoms with Crippen LogP contribution >= 0.6 is 0 Å². The second kappa shape index (κ2) is 6.16. The van der Waals surface area contributed by atoms with Gasteiger partial charge in [-0.25, -0.2) is 4.98 Å². The molecular weight excluding hydrogens is 244 g/mol. The van der Waals surface area contributed by atoms with Crippen molar-refractivity contribution in [3.05, 3.63) is 18.2 Å². The second-order valence-electron chi connectivity index (χ2n) is 5.10.